The normalized spacial score (nSPS) is 12.9. The van der Waals surface area contributed by atoms with Crippen molar-refractivity contribution in [1.82, 2.24) is 0 Å². The van der Waals surface area contributed by atoms with E-state index in [0.717, 1.165) is 23.8 Å². The van der Waals surface area contributed by atoms with E-state index < -0.39 is 0 Å². The van der Waals surface area contributed by atoms with Gasteiger partial charge >= 0.3 is 0 Å². The van der Waals surface area contributed by atoms with Gasteiger partial charge < -0.3 is 4.42 Å². The summed E-state index contributed by atoms with van der Waals surface area (Å²) in [5.74, 6) is 0.647. The molecule has 2 nitrogen and oxygen atoms in total. The van der Waals surface area contributed by atoms with E-state index in [9.17, 15) is 4.79 Å². The monoisotopic (exact) mass is 230 g/mol. The van der Waals surface area contributed by atoms with E-state index in [-0.39, 0.29) is 11.7 Å². The van der Waals surface area contributed by atoms with Gasteiger partial charge in [0.2, 0.25) is 5.78 Å². The minimum Gasteiger partial charge on any atom is -0.453 e. The van der Waals surface area contributed by atoms with Crippen LogP contribution in [0.3, 0.4) is 0 Å². The highest BCUT2D eigenvalue weighted by molar-refractivity contribution is 5.98. The highest BCUT2D eigenvalue weighted by Gasteiger charge is 2.18. The summed E-state index contributed by atoms with van der Waals surface area (Å²) < 4.78 is 5.60. The predicted molar refractivity (Wildman–Crippen MR) is 69.4 cm³/mol. The number of furan rings is 1. The number of carbonyl (C=O) groups excluding carboxylic acids is 1. The number of ketones is 1. The summed E-state index contributed by atoms with van der Waals surface area (Å²) in [7, 11) is 0. The highest BCUT2D eigenvalue weighted by atomic mass is 16.3. The van der Waals surface area contributed by atoms with Gasteiger partial charge in [0.15, 0.2) is 5.76 Å². The predicted octanol–water partition coefficient (Wildman–Crippen LogP) is 4.36. The zero-order valence-electron chi connectivity index (χ0n) is 10.6. The summed E-state index contributed by atoms with van der Waals surface area (Å²) in [5, 5.41) is 1.01. The molecular weight excluding hydrogens is 212 g/mol. The molecule has 0 saturated heterocycles. The topological polar surface area (TPSA) is 30.2 Å². The fourth-order valence-electron chi connectivity index (χ4n) is 2.09. The average Bonchev–Trinajstić information content (AvgIpc) is 2.71. The maximum Gasteiger partial charge on any atom is 0.200 e. The molecule has 1 heterocycles. The summed E-state index contributed by atoms with van der Waals surface area (Å²) >= 11 is 0. The first-order valence-corrected chi connectivity index (χ1v) is 6.16. The molecule has 1 unspecified atom stereocenters. The summed E-state index contributed by atoms with van der Waals surface area (Å²) in [5.41, 5.74) is 1.97. The van der Waals surface area contributed by atoms with E-state index in [1.165, 1.54) is 5.56 Å². The number of benzene rings is 1. The lowest BCUT2D eigenvalue weighted by Gasteiger charge is -2.05. The molecule has 1 aromatic carbocycles. The Labute approximate surface area is 102 Å². The van der Waals surface area contributed by atoms with E-state index in [2.05, 4.69) is 6.92 Å². The van der Waals surface area contributed by atoms with Crippen molar-refractivity contribution in [2.45, 2.75) is 33.6 Å². The van der Waals surface area contributed by atoms with Crippen LogP contribution in [-0.2, 0) is 0 Å². The quantitative estimate of drug-likeness (QED) is 0.730. The zero-order chi connectivity index (χ0) is 12.4. The molecule has 0 aliphatic carbocycles. The molecule has 1 aromatic heterocycles. The van der Waals surface area contributed by atoms with Crippen LogP contribution >= 0.6 is 0 Å². The van der Waals surface area contributed by atoms with Crippen molar-refractivity contribution in [2.24, 2.45) is 5.92 Å². The average molecular weight is 230 g/mol. The van der Waals surface area contributed by atoms with E-state index in [0.29, 0.717) is 5.76 Å². The first-order valence-electron chi connectivity index (χ1n) is 6.16. The smallest absolute Gasteiger partial charge is 0.200 e. The van der Waals surface area contributed by atoms with Gasteiger partial charge in [0.05, 0.1) is 0 Å². The molecule has 0 spiro atoms. The van der Waals surface area contributed by atoms with Crippen LogP contribution < -0.4 is 0 Å². The van der Waals surface area contributed by atoms with Crippen molar-refractivity contribution < 1.29 is 9.21 Å². The second kappa shape index (κ2) is 4.74. The van der Waals surface area contributed by atoms with Crippen molar-refractivity contribution >= 4 is 16.8 Å². The van der Waals surface area contributed by atoms with Crippen LogP contribution in [0.1, 0.15) is 42.8 Å². The molecule has 0 fully saturated rings. The van der Waals surface area contributed by atoms with Crippen LogP contribution in [0, 0.1) is 12.8 Å². The summed E-state index contributed by atoms with van der Waals surface area (Å²) in [4.78, 5) is 12.1. The molecule has 0 bridgehead atoms. The van der Waals surface area contributed by atoms with Crippen LogP contribution in [0.5, 0.6) is 0 Å². The van der Waals surface area contributed by atoms with Crippen molar-refractivity contribution in [3.8, 4) is 0 Å². The molecule has 2 aromatic rings. The number of hydrogen-bond donors (Lipinski definition) is 0. The molecule has 1 atom stereocenters. The van der Waals surface area contributed by atoms with Crippen molar-refractivity contribution in [2.75, 3.05) is 0 Å². The van der Waals surface area contributed by atoms with Gasteiger partial charge in [0, 0.05) is 11.3 Å². The molecule has 90 valence electrons. The van der Waals surface area contributed by atoms with Crippen LogP contribution in [0.4, 0.5) is 0 Å². The first-order chi connectivity index (χ1) is 8.11. The van der Waals surface area contributed by atoms with Crippen LogP contribution in [0.15, 0.2) is 28.7 Å². The maximum absolute atomic E-state index is 12.1. The van der Waals surface area contributed by atoms with Gasteiger partial charge in [0.1, 0.15) is 5.58 Å². The van der Waals surface area contributed by atoms with Crippen molar-refractivity contribution in [3.05, 3.63) is 35.6 Å². The Morgan fingerprint density at radius 2 is 2.12 bits per heavy atom. The Balaban J connectivity index is 2.33. The largest absolute Gasteiger partial charge is 0.453 e. The lowest BCUT2D eigenvalue weighted by molar-refractivity contribution is 0.0897. The standard InChI is InChI=1S/C15H18O2/c1-4-5-11(3)15(16)14-9-12-8-10(2)6-7-13(12)17-14/h6-9,11H,4-5H2,1-3H3. The number of hydrogen-bond acceptors (Lipinski definition) is 2. The van der Waals surface area contributed by atoms with Gasteiger partial charge in [-0.05, 0) is 31.5 Å². The molecule has 0 amide bonds. The third kappa shape index (κ3) is 2.41. The zero-order valence-corrected chi connectivity index (χ0v) is 10.6. The van der Waals surface area contributed by atoms with Crippen LogP contribution in [0.25, 0.3) is 11.0 Å². The summed E-state index contributed by atoms with van der Waals surface area (Å²) in [6.07, 6.45) is 1.93. The summed E-state index contributed by atoms with van der Waals surface area (Å²) in [6, 6.07) is 7.82. The van der Waals surface area contributed by atoms with E-state index in [1.807, 2.05) is 38.1 Å². The molecule has 0 aliphatic rings. The van der Waals surface area contributed by atoms with Crippen molar-refractivity contribution in [3.63, 3.8) is 0 Å². The third-order valence-electron chi connectivity index (χ3n) is 3.08. The molecule has 2 rings (SSSR count). The minimum absolute atomic E-state index is 0.0432. The number of fused-ring (bicyclic) bond motifs is 1. The Morgan fingerprint density at radius 3 is 2.82 bits per heavy atom. The van der Waals surface area contributed by atoms with E-state index in [4.69, 9.17) is 4.42 Å². The molecule has 0 saturated carbocycles. The second-order valence-electron chi connectivity index (χ2n) is 4.71. The van der Waals surface area contributed by atoms with Gasteiger partial charge in [-0.15, -0.1) is 0 Å². The van der Waals surface area contributed by atoms with Gasteiger partial charge in [-0.2, -0.15) is 0 Å². The molecular formula is C15H18O2. The Hall–Kier alpha value is -1.57. The second-order valence-corrected chi connectivity index (χ2v) is 4.71. The SMILES string of the molecule is CCCC(C)C(=O)c1cc2cc(C)ccc2o1. The highest BCUT2D eigenvalue weighted by Crippen LogP contribution is 2.23. The first kappa shape index (κ1) is 11.9. The molecule has 0 N–H and O–H groups in total. The Morgan fingerprint density at radius 1 is 1.35 bits per heavy atom. The lowest BCUT2D eigenvalue weighted by atomic mass is 9.99. The van der Waals surface area contributed by atoms with Gasteiger partial charge in [-0.3, -0.25) is 4.79 Å². The fourth-order valence-corrected chi connectivity index (χ4v) is 2.09. The number of rotatable bonds is 4. The maximum atomic E-state index is 12.1. The van der Waals surface area contributed by atoms with Crippen LogP contribution in [-0.4, -0.2) is 5.78 Å². The Kier molecular flexibility index (Phi) is 3.32. The van der Waals surface area contributed by atoms with E-state index in [1.54, 1.807) is 0 Å². The van der Waals surface area contributed by atoms with Gasteiger partial charge in [0.25, 0.3) is 0 Å². The number of carbonyl (C=O) groups is 1. The lowest BCUT2D eigenvalue weighted by Crippen LogP contribution is -2.09. The van der Waals surface area contributed by atoms with Crippen LogP contribution in [0.2, 0.25) is 0 Å². The van der Waals surface area contributed by atoms with E-state index >= 15 is 0 Å². The van der Waals surface area contributed by atoms with Gasteiger partial charge in [-0.1, -0.05) is 31.9 Å². The van der Waals surface area contributed by atoms with Gasteiger partial charge in [-0.25, -0.2) is 0 Å². The summed E-state index contributed by atoms with van der Waals surface area (Å²) in [6.45, 7) is 6.09. The minimum atomic E-state index is 0.0432. The van der Waals surface area contributed by atoms with Crippen molar-refractivity contribution in [1.29, 1.82) is 0 Å². The number of Topliss-reactive ketones (excluding diaryl/α,β-unsaturated/α-hetero) is 1. The number of aryl methyl sites for hydroxylation is 1. The Bertz CT molecular complexity index is 537. The molecule has 0 radical (unpaired) electrons. The fraction of sp³-hybridized carbons (Fsp3) is 0.400. The molecule has 17 heavy (non-hydrogen) atoms. The molecule has 0 aliphatic heterocycles. The molecule has 2 heteroatoms. The third-order valence-corrected chi connectivity index (χ3v) is 3.08.